The van der Waals surface area contributed by atoms with Crippen molar-refractivity contribution < 1.29 is 51.0 Å². The number of benzene rings is 4. The molecule has 8 aromatic rings. The molecule has 0 N–H and O–H groups in total. The van der Waals surface area contributed by atoms with Crippen molar-refractivity contribution in [3.05, 3.63) is 168 Å². The van der Waals surface area contributed by atoms with Gasteiger partial charge in [0.25, 0.3) is 0 Å². The Kier molecular flexibility index (Phi) is 13.9. The Hall–Kier alpha value is -4.14. The zero-order valence-electron chi connectivity index (χ0n) is 29.4. The van der Waals surface area contributed by atoms with Crippen molar-refractivity contribution in [3.63, 3.8) is 0 Å². The van der Waals surface area contributed by atoms with Gasteiger partial charge < -0.3 is 24.8 Å². The minimum absolute atomic E-state index is 0. The van der Waals surface area contributed by atoms with Crippen molar-refractivity contribution in [2.75, 3.05) is 0 Å². The fourth-order valence-corrected chi connectivity index (χ4v) is 6.39. The molecule has 2 nitrogen and oxygen atoms in total. The number of hydrogen-bond acceptors (Lipinski definition) is 2. The third kappa shape index (κ3) is 8.85. The van der Waals surface area contributed by atoms with E-state index in [0.29, 0.717) is 0 Å². The number of pyridine rings is 2. The molecular formula is C46H40Cl2N2Zr. The van der Waals surface area contributed by atoms with Gasteiger partial charge in [-0.2, -0.15) is 0 Å². The van der Waals surface area contributed by atoms with Gasteiger partial charge in [0, 0.05) is 23.8 Å². The average molecular weight is 783 g/mol. The fourth-order valence-electron chi connectivity index (χ4n) is 6.39. The van der Waals surface area contributed by atoms with Crippen LogP contribution in [-0.2, 0) is 39.0 Å². The molecule has 8 rings (SSSR count). The molecule has 0 saturated heterocycles. The predicted octanol–water partition coefficient (Wildman–Crippen LogP) is 6.32. The first-order valence-electron chi connectivity index (χ1n) is 16.9. The zero-order valence-corrected chi connectivity index (χ0v) is 33.4. The molecule has 2 aromatic heterocycles. The maximum Gasteiger partial charge on any atom is 4.00 e. The van der Waals surface area contributed by atoms with Crippen molar-refractivity contribution in [1.82, 2.24) is 9.97 Å². The van der Waals surface area contributed by atoms with Gasteiger partial charge in [-0.1, -0.05) is 122 Å². The standard InChI is InChI=1S/2C23H20N.2ClH.Zr/c2*1-3-17-8-10-18(11-9-17)21-6-4-5-19-13-20(14-22(19)21)23-12-7-16(2)15-24-23;;;/h2*4-15H,3H2,1-2H3;2*1H;/q2*-1;;;+4/p-2. The summed E-state index contributed by atoms with van der Waals surface area (Å²) in [4.78, 5) is 9.14. The second-order valence-electron chi connectivity index (χ2n) is 12.6. The molecule has 0 unspecified atom stereocenters. The number of halogens is 2. The summed E-state index contributed by atoms with van der Waals surface area (Å²) in [5.41, 5.74) is 14.7. The van der Waals surface area contributed by atoms with Crippen molar-refractivity contribution in [2.45, 2.75) is 40.5 Å². The van der Waals surface area contributed by atoms with Crippen LogP contribution in [0.15, 0.2) is 146 Å². The second-order valence-corrected chi connectivity index (χ2v) is 12.6. The molecule has 2 heterocycles. The first-order chi connectivity index (χ1) is 23.5. The van der Waals surface area contributed by atoms with Crippen molar-refractivity contribution >= 4 is 21.5 Å². The SMILES string of the molecule is CCc1ccc(-c2cccc3[cH-]c(-c4ccc(C)cn4)cc23)cc1.CCc1ccc(-c2cccc3[cH-]c(-c4ccc(C)cn4)cc23)cc1.[Cl-].[Cl-].[Zr+4]. The van der Waals surface area contributed by atoms with Crippen LogP contribution < -0.4 is 24.8 Å². The molecule has 0 aliphatic rings. The third-order valence-electron chi connectivity index (χ3n) is 9.26. The summed E-state index contributed by atoms with van der Waals surface area (Å²) in [6.07, 6.45) is 6.00. The summed E-state index contributed by atoms with van der Waals surface area (Å²) in [6.45, 7) is 8.51. The van der Waals surface area contributed by atoms with Crippen LogP contribution in [0.1, 0.15) is 36.1 Å². The van der Waals surface area contributed by atoms with Gasteiger partial charge >= 0.3 is 26.2 Å². The maximum absolute atomic E-state index is 4.57. The van der Waals surface area contributed by atoms with Crippen molar-refractivity contribution in [2.24, 2.45) is 0 Å². The Morgan fingerprint density at radius 3 is 1.22 bits per heavy atom. The summed E-state index contributed by atoms with van der Waals surface area (Å²) in [5, 5.41) is 5.12. The topological polar surface area (TPSA) is 25.8 Å². The number of aromatic nitrogens is 2. The molecular weight excluding hydrogens is 743 g/mol. The molecule has 252 valence electrons. The Bertz CT molecular complexity index is 2130. The molecule has 0 radical (unpaired) electrons. The van der Waals surface area contributed by atoms with Gasteiger partial charge in [-0.3, -0.25) is 9.97 Å². The number of hydrogen-bond donors (Lipinski definition) is 0. The summed E-state index contributed by atoms with van der Waals surface area (Å²) in [7, 11) is 0. The van der Waals surface area contributed by atoms with Crippen LogP contribution in [0.2, 0.25) is 0 Å². The van der Waals surface area contributed by atoms with Crippen LogP contribution >= 0.6 is 0 Å². The summed E-state index contributed by atoms with van der Waals surface area (Å²) in [6, 6.07) is 48.2. The van der Waals surface area contributed by atoms with Gasteiger partial charge in [-0.25, -0.2) is 0 Å². The Morgan fingerprint density at radius 1 is 0.490 bits per heavy atom. The molecule has 0 aliphatic carbocycles. The van der Waals surface area contributed by atoms with Crippen LogP contribution in [0, 0.1) is 13.8 Å². The van der Waals surface area contributed by atoms with Crippen LogP contribution in [0.4, 0.5) is 0 Å². The normalized spacial score (nSPS) is 10.4. The van der Waals surface area contributed by atoms with E-state index in [2.05, 4.69) is 171 Å². The minimum atomic E-state index is 0. The Morgan fingerprint density at radius 2 is 0.882 bits per heavy atom. The van der Waals surface area contributed by atoms with Gasteiger partial charge in [0.15, 0.2) is 0 Å². The van der Waals surface area contributed by atoms with E-state index in [1.54, 1.807) is 0 Å². The van der Waals surface area contributed by atoms with E-state index in [0.717, 1.165) is 24.2 Å². The monoisotopic (exact) mass is 780 g/mol. The van der Waals surface area contributed by atoms with Crippen LogP contribution in [0.3, 0.4) is 0 Å². The molecule has 0 bridgehead atoms. The number of aryl methyl sites for hydroxylation is 4. The number of nitrogens with zero attached hydrogens (tertiary/aromatic N) is 2. The second kappa shape index (κ2) is 17.9. The third-order valence-corrected chi connectivity index (χ3v) is 9.26. The molecule has 51 heavy (non-hydrogen) atoms. The summed E-state index contributed by atoms with van der Waals surface area (Å²) < 4.78 is 0. The van der Waals surface area contributed by atoms with E-state index in [1.165, 1.54) is 77.2 Å². The predicted molar refractivity (Wildman–Crippen MR) is 205 cm³/mol. The maximum atomic E-state index is 4.57. The quantitative estimate of drug-likeness (QED) is 0.185. The molecule has 0 amide bonds. The summed E-state index contributed by atoms with van der Waals surface area (Å²) in [5.74, 6) is 0. The molecule has 0 fully saturated rings. The van der Waals surface area contributed by atoms with Crippen LogP contribution in [0.5, 0.6) is 0 Å². The first kappa shape index (κ1) is 39.6. The van der Waals surface area contributed by atoms with E-state index in [1.807, 2.05) is 12.4 Å². The summed E-state index contributed by atoms with van der Waals surface area (Å²) >= 11 is 0. The van der Waals surface area contributed by atoms with Gasteiger partial charge in [0.05, 0.1) is 0 Å². The van der Waals surface area contributed by atoms with Gasteiger partial charge in [-0.05, 0) is 60.1 Å². The van der Waals surface area contributed by atoms with Gasteiger partial charge in [0.1, 0.15) is 0 Å². The first-order valence-corrected chi connectivity index (χ1v) is 16.9. The van der Waals surface area contributed by atoms with E-state index in [-0.39, 0.29) is 51.0 Å². The fraction of sp³-hybridized carbons (Fsp3) is 0.130. The Labute approximate surface area is 333 Å². The van der Waals surface area contributed by atoms with Gasteiger partial charge in [0.2, 0.25) is 0 Å². The van der Waals surface area contributed by atoms with Gasteiger partial charge in [-0.15, -0.1) is 69.1 Å². The van der Waals surface area contributed by atoms with E-state index in [9.17, 15) is 0 Å². The molecule has 6 aromatic carbocycles. The minimum Gasteiger partial charge on any atom is -1.00 e. The molecule has 0 atom stereocenters. The number of fused-ring (bicyclic) bond motifs is 2. The molecule has 0 saturated carbocycles. The molecule has 5 heteroatoms. The number of rotatable bonds is 6. The van der Waals surface area contributed by atoms with Crippen LogP contribution in [0.25, 0.3) is 66.3 Å². The van der Waals surface area contributed by atoms with Crippen LogP contribution in [-0.4, -0.2) is 9.97 Å². The zero-order chi connectivity index (χ0) is 33.0. The molecule has 0 spiro atoms. The average Bonchev–Trinajstić information content (AvgIpc) is 3.78. The van der Waals surface area contributed by atoms with E-state index >= 15 is 0 Å². The van der Waals surface area contributed by atoms with Crippen molar-refractivity contribution in [1.29, 1.82) is 0 Å². The Balaban J connectivity index is 0.000000216. The van der Waals surface area contributed by atoms with E-state index < -0.39 is 0 Å². The molecule has 0 aliphatic heterocycles. The van der Waals surface area contributed by atoms with E-state index in [4.69, 9.17) is 0 Å². The van der Waals surface area contributed by atoms with Crippen molar-refractivity contribution in [3.8, 4) is 44.8 Å². The largest absolute Gasteiger partial charge is 4.00 e. The smallest absolute Gasteiger partial charge is 1.00 e.